The minimum Gasteiger partial charge on any atom is -0.469 e. The summed E-state index contributed by atoms with van der Waals surface area (Å²) in [4.78, 5) is 17.0. The topological polar surface area (TPSA) is 66.8 Å². The van der Waals surface area contributed by atoms with Gasteiger partial charge in [-0.15, -0.1) is 0 Å². The van der Waals surface area contributed by atoms with E-state index in [1.54, 1.807) is 0 Å². The highest BCUT2D eigenvalue weighted by atomic mass is 28.2. The third kappa shape index (κ3) is 3.45. The minimum absolute atomic E-state index is 1.40. The number of rotatable bonds is 1. The molecular formula is CH4O4Si. The fourth-order valence-electron chi connectivity index (χ4n) is 0.0552. The first-order valence-electron chi connectivity index (χ1n) is 1.24. The largest absolute Gasteiger partial charge is 0.493 e. The minimum atomic E-state index is -1.73. The Morgan fingerprint density at radius 2 is 2.33 bits per heavy atom. The second kappa shape index (κ2) is 2.67. The molecule has 36 valence electrons. The molecular weight excluding hydrogens is 104 g/mol. The molecule has 0 heterocycles. The Hall–Kier alpha value is -0.553. The van der Waals surface area contributed by atoms with Crippen LogP contribution in [0.2, 0.25) is 0 Å². The molecule has 0 radical (unpaired) electrons. The molecule has 0 aliphatic carbocycles. The highest BCUT2D eigenvalue weighted by Crippen LogP contribution is 1.64. The molecule has 0 spiro atoms. The molecule has 0 saturated carbocycles. The predicted octanol–water partition coefficient (Wildman–Crippen LogP) is -1.33. The molecule has 0 aromatic rings. The first-order chi connectivity index (χ1) is 2.77. The fraction of sp³-hybridized carbons (Fsp3) is 0. The first-order valence-corrected chi connectivity index (χ1v) is 2.45. The van der Waals surface area contributed by atoms with Crippen molar-refractivity contribution in [1.82, 2.24) is 0 Å². The van der Waals surface area contributed by atoms with Gasteiger partial charge >= 0.3 is 16.2 Å². The van der Waals surface area contributed by atoms with Crippen LogP contribution < -0.4 is 0 Å². The molecule has 0 aliphatic rings. The molecule has 0 fully saturated rings. The lowest BCUT2D eigenvalue weighted by atomic mass is 11.5. The lowest BCUT2D eigenvalue weighted by Gasteiger charge is -1.86. The van der Waals surface area contributed by atoms with Gasteiger partial charge in [-0.25, -0.2) is 4.79 Å². The van der Waals surface area contributed by atoms with Crippen LogP contribution in [0.1, 0.15) is 0 Å². The Morgan fingerprint density at radius 1 is 1.83 bits per heavy atom. The highest BCUT2D eigenvalue weighted by Gasteiger charge is 1.88. The standard InChI is InChI=1S/CH4O4Si/c2-1(3)5-6-4/h4H,6H2,(H,2,3). The predicted molar refractivity (Wildman–Crippen MR) is 19.9 cm³/mol. The van der Waals surface area contributed by atoms with Gasteiger partial charge in [0.05, 0.1) is 0 Å². The third-order valence-corrected chi connectivity index (χ3v) is 0.564. The molecule has 0 amide bonds. The van der Waals surface area contributed by atoms with Crippen molar-refractivity contribution in [2.24, 2.45) is 0 Å². The third-order valence-electron chi connectivity index (χ3n) is 0.188. The van der Waals surface area contributed by atoms with E-state index in [2.05, 4.69) is 4.43 Å². The molecule has 0 saturated heterocycles. The molecule has 6 heavy (non-hydrogen) atoms. The summed E-state index contributed by atoms with van der Waals surface area (Å²) in [5.41, 5.74) is 0. The lowest BCUT2D eigenvalue weighted by Crippen LogP contribution is -2.03. The molecule has 0 aromatic carbocycles. The molecule has 2 N–H and O–H groups in total. The van der Waals surface area contributed by atoms with Crippen molar-refractivity contribution >= 4 is 16.2 Å². The second-order valence-electron chi connectivity index (χ2n) is 0.539. The van der Waals surface area contributed by atoms with Crippen molar-refractivity contribution in [3.05, 3.63) is 0 Å². The molecule has 0 bridgehead atoms. The maximum absolute atomic E-state index is 9.25. The molecule has 0 aromatic heterocycles. The van der Waals surface area contributed by atoms with Gasteiger partial charge in [0.25, 0.3) is 0 Å². The van der Waals surface area contributed by atoms with Crippen LogP contribution in [0.4, 0.5) is 4.79 Å². The maximum Gasteiger partial charge on any atom is 0.493 e. The van der Waals surface area contributed by atoms with Crippen LogP contribution in [0.5, 0.6) is 0 Å². The molecule has 0 atom stereocenters. The van der Waals surface area contributed by atoms with E-state index in [1.807, 2.05) is 0 Å². The zero-order valence-electron chi connectivity index (χ0n) is 2.92. The van der Waals surface area contributed by atoms with Crippen LogP contribution in [-0.2, 0) is 4.43 Å². The van der Waals surface area contributed by atoms with Gasteiger partial charge in [-0.1, -0.05) is 0 Å². The molecule has 4 nitrogen and oxygen atoms in total. The van der Waals surface area contributed by atoms with Crippen LogP contribution in [0.15, 0.2) is 0 Å². The van der Waals surface area contributed by atoms with E-state index in [-0.39, 0.29) is 0 Å². The van der Waals surface area contributed by atoms with Crippen molar-refractivity contribution in [3.8, 4) is 0 Å². The summed E-state index contributed by atoms with van der Waals surface area (Å²) in [5.74, 6) is 0. The SMILES string of the molecule is O=C(O)O[SiH2]O. The van der Waals surface area contributed by atoms with Gasteiger partial charge in [0.2, 0.25) is 0 Å². The summed E-state index contributed by atoms with van der Waals surface area (Å²) >= 11 is 0. The summed E-state index contributed by atoms with van der Waals surface area (Å²) in [7, 11) is -1.73. The van der Waals surface area contributed by atoms with Gasteiger partial charge in [-0.3, -0.25) is 0 Å². The summed E-state index contributed by atoms with van der Waals surface area (Å²) in [5, 5.41) is 7.57. The number of hydrogen-bond donors (Lipinski definition) is 2. The molecule has 0 aliphatic heterocycles. The molecule has 5 heteroatoms. The summed E-state index contributed by atoms with van der Waals surface area (Å²) in [6, 6.07) is 0. The zero-order valence-corrected chi connectivity index (χ0v) is 4.33. The monoisotopic (exact) mass is 108 g/mol. The Morgan fingerprint density at radius 3 is 2.33 bits per heavy atom. The van der Waals surface area contributed by atoms with Crippen molar-refractivity contribution in [2.45, 2.75) is 0 Å². The van der Waals surface area contributed by atoms with Crippen molar-refractivity contribution in [2.75, 3.05) is 0 Å². The van der Waals surface area contributed by atoms with Crippen LogP contribution in [0.3, 0.4) is 0 Å². The smallest absolute Gasteiger partial charge is 0.469 e. The van der Waals surface area contributed by atoms with Crippen LogP contribution >= 0.6 is 0 Å². The number of carbonyl (C=O) groups is 1. The van der Waals surface area contributed by atoms with E-state index in [9.17, 15) is 4.79 Å². The Bertz CT molecular complexity index is 51.5. The van der Waals surface area contributed by atoms with Gasteiger partial charge in [-0.2, -0.15) is 0 Å². The summed E-state index contributed by atoms with van der Waals surface area (Å²) < 4.78 is 3.65. The van der Waals surface area contributed by atoms with Crippen LogP contribution in [0.25, 0.3) is 0 Å². The van der Waals surface area contributed by atoms with Crippen LogP contribution in [0, 0.1) is 0 Å². The normalized spacial score (nSPS) is 9.50. The molecule has 0 unspecified atom stereocenters. The summed E-state index contributed by atoms with van der Waals surface area (Å²) in [6.45, 7) is 0. The summed E-state index contributed by atoms with van der Waals surface area (Å²) in [6.07, 6.45) is -1.40. The Balaban J connectivity index is 2.83. The quantitative estimate of drug-likeness (QED) is 0.408. The second-order valence-corrected chi connectivity index (χ2v) is 1.09. The lowest BCUT2D eigenvalue weighted by molar-refractivity contribution is 0.140. The van der Waals surface area contributed by atoms with Gasteiger partial charge in [0.1, 0.15) is 0 Å². The van der Waals surface area contributed by atoms with Crippen LogP contribution in [-0.4, -0.2) is 26.1 Å². The van der Waals surface area contributed by atoms with Gasteiger partial charge in [-0.05, 0) is 0 Å². The Kier molecular flexibility index (Phi) is 2.43. The Labute approximate surface area is 36.4 Å². The van der Waals surface area contributed by atoms with Gasteiger partial charge < -0.3 is 14.3 Å². The average molecular weight is 108 g/mol. The molecule has 0 rings (SSSR count). The number of hydrogen-bond acceptors (Lipinski definition) is 3. The van der Waals surface area contributed by atoms with Crippen molar-refractivity contribution in [1.29, 1.82) is 0 Å². The zero-order chi connectivity index (χ0) is 4.99. The van der Waals surface area contributed by atoms with E-state index >= 15 is 0 Å². The van der Waals surface area contributed by atoms with E-state index in [0.29, 0.717) is 0 Å². The average Bonchev–Trinajstić information content (AvgIpc) is 1.35. The first kappa shape index (κ1) is 5.45. The number of carboxylic acid groups (broad SMARTS) is 1. The van der Waals surface area contributed by atoms with Crippen molar-refractivity contribution in [3.63, 3.8) is 0 Å². The maximum atomic E-state index is 9.25. The van der Waals surface area contributed by atoms with Gasteiger partial charge in [0.15, 0.2) is 0 Å². The van der Waals surface area contributed by atoms with E-state index < -0.39 is 16.2 Å². The van der Waals surface area contributed by atoms with E-state index in [0.717, 1.165) is 0 Å². The fourth-order valence-corrected chi connectivity index (χ4v) is 0.166. The van der Waals surface area contributed by atoms with Crippen molar-refractivity contribution < 1.29 is 19.1 Å². The van der Waals surface area contributed by atoms with E-state index in [4.69, 9.17) is 9.90 Å². The highest BCUT2D eigenvalue weighted by molar-refractivity contribution is 6.19. The van der Waals surface area contributed by atoms with Gasteiger partial charge in [0, 0.05) is 0 Å². The van der Waals surface area contributed by atoms with E-state index in [1.165, 1.54) is 0 Å².